The highest BCUT2D eigenvalue weighted by Crippen LogP contribution is 2.45. The zero-order valence-corrected chi connectivity index (χ0v) is 14.1. The van der Waals surface area contributed by atoms with E-state index in [1.807, 2.05) is 36.4 Å². The van der Waals surface area contributed by atoms with Crippen LogP contribution in [0.25, 0.3) is 0 Å². The van der Waals surface area contributed by atoms with Crippen molar-refractivity contribution in [2.45, 2.75) is 24.5 Å². The number of hydrogen-bond acceptors (Lipinski definition) is 0. The molecule has 0 heterocycles. The molecule has 0 saturated heterocycles. The van der Waals surface area contributed by atoms with Gasteiger partial charge in [-0.1, -0.05) is 85.5 Å². The molecule has 0 N–H and O–H groups in total. The maximum absolute atomic E-state index is 7.16. The van der Waals surface area contributed by atoms with Crippen LogP contribution in [0, 0.1) is 0 Å². The molecule has 0 nitrogen and oxygen atoms in total. The van der Waals surface area contributed by atoms with E-state index < -0.39 is 12.9 Å². The smallest absolute Gasteiger partial charge is 0.104 e. The predicted molar refractivity (Wildman–Crippen MR) is 92.0 cm³/mol. The summed E-state index contributed by atoms with van der Waals surface area (Å²) in [5, 5.41) is 1.14. The average molecular weight is 301 g/mol. The quantitative estimate of drug-likeness (QED) is 0.509. The Morgan fingerprint density at radius 2 is 1.20 bits per heavy atom. The fourth-order valence-corrected chi connectivity index (χ4v) is 4.79. The standard InChI is InChI=1S/C18H21ClSi/c1-15(20(2,3)4)18(19,16-11-7-5-8-12-16)17-13-9-6-10-14-17/h5-14H,1H2,2-4H3. The number of allylic oxidation sites excluding steroid dienone is 1. The normalized spacial score (nSPS) is 12.2. The summed E-state index contributed by atoms with van der Waals surface area (Å²) in [5.41, 5.74) is 2.19. The van der Waals surface area contributed by atoms with E-state index >= 15 is 0 Å². The Morgan fingerprint density at radius 3 is 1.50 bits per heavy atom. The van der Waals surface area contributed by atoms with Crippen LogP contribution in [-0.2, 0) is 4.87 Å². The van der Waals surface area contributed by atoms with Gasteiger partial charge in [-0.05, 0) is 11.1 Å². The van der Waals surface area contributed by atoms with E-state index in [4.69, 9.17) is 11.6 Å². The van der Waals surface area contributed by atoms with Gasteiger partial charge in [0.15, 0.2) is 0 Å². The molecule has 2 aromatic carbocycles. The van der Waals surface area contributed by atoms with E-state index in [2.05, 4.69) is 50.5 Å². The fraction of sp³-hybridized carbons (Fsp3) is 0.222. The molecule has 0 aliphatic heterocycles. The molecule has 2 aromatic rings. The van der Waals surface area contributed by atoms with Crippen LogP contribution in [0.3, 0.4) is 0 Å². The summed E-state index contributed by atoms with van der Waals surface area (Å²) in [6, 6.07) is 20.5. The molecule has 0 unspecified atom stereocenters. The second-order valence-electron chi connectivity index (χ2n) is 6.12. The summed E-state index contributed by atoms with van der Waals surface area (Å²) in [7, 11) is -1.59. The van der Waals surface area contributed by atoms with Crippen LogP contribution in [-0.4, -0.2) is 8.07 Å². The molecule has 0 aliphatic rings. The monoisotopic (exact) mass is 300 g/mol. The number of halogens is 1. The van der Waals surface area contributed by atoms with E-state index in [0.717, 1.165) is 16.3 Å². The summed E-state index contributed by atoms with van der Waals surface area (Å²) in [5.74, 6) is 0. The lowest BCUT2D eigenvalue weighted by molar-refractivity contribution is 0.895. The zero-order valence-electron chi connectivity index (χ0n) is 12.4. The van der Waals surface area contributed by atoms with Crippen LogP contribution in [0.15, 0.2) is 72.4 Å². The van der Waals surface area contributed by atoms with Crippen molar-refractivity contribution in [1.82, 2.24) is 0 Å². The van der Waals surface area contributed by atoms with E-state index in [0.29, 0.717) is 0 Å². The summed E-state index contributed by atoms with van der Waals surface area (Å²) in [6.45, 7) is 11.3. The van der Waals surface area contributed by atoms with Crippen LogP contribution < -0.4 is 0 Å². The van der Waals surface area contributed by atoms with Gasteiger partial charge in [0.1, 0.15) is 4.87 Å². The van der Waals surface area contributed by atoms with E-state index in [-0.39, 0.29) is 0 Å². The number of benzene rings is 2. The van der Waals surface area contributed by atoms with Crippen molar-refractivity contribution < 1.29 is 0 Å². The fourth-order valence-electron chi connectivity index (χ4n) is 2.37. The second-order valence-corrected chi connectivity index (χ2v) is 11.8. The average Bonchev–Trinajstić information content (AvgIpc) is 2.46. The largest absolute Gasteiger partial charge is 0.112 e. The Morgan fingerprint density at radius 1 is 0.850 bits per heavy atom. The van der Waals surface area contributed by atoms with Gasteiger partial charge in [0, 0.05) is 0 Å². The molecule has 2 heteroatoms. The first-order valence-corrected chi connectivity index (χ1v) is 10.7. The van der Waals surface area contributed by atoms with Crippen molar-refractivity contribution in [2.75, 3.05) is 0 Å². The summed E-state index contributed by atoms with van der Waals surface area (Å²) in [4.78, 5) is -0.632. The van der Waals surface area contributed by atoms with E-state index in [9.17, 15) is 0 Å². The molecule has 0 aliphatic carbocycles. The summed E-state index contributed by atoms with van der Waals surface area (Å²) >= 11 is 7.16. The van der Waals surface area contributed by atoms with Gasteiger partial charge in [-0.25, -0.2) is 0 Å². The molecule has 0 atom stereocenters. The third-order valence-electron chi connectivity index (χ3n) is 3.66. The molecule has 0 spiro atoms. The van der Waals surface area contributed by atoms with Crippen molar-refractivity contribution in [3.8, 4) is 0 Å². The molecule has 0 radical (unpaired) electrons. The number of hydrogen-bond donors (Lipinski definition) is 0. The Hall–Kier alpha value is -1.31. The van der Waals surface area contributed by atoms with Gasteiger partial charge in [-0.2, -0.15) is 0 Å². The lowest BCUT2D eigenvalue weighted by Crippen LogP contribution is -2.37. The van der Waals surface area contributed by atoms with Crippen LogP contribution in [0.4, 0.5) is 0 Å². The van der Waals surface area contributed by atoms with Gasteiger partial charge in [0.2, 0.25) is 0 Å². The van der Waals surface area contributed by atoms with E-state index in [1.165, 1.54) is 0 Å². The van der Waals surface area contributed by atoms with Crippen LogP contribution in [0.5, 0.6) is 0 Å². The van der Waals surface area contributed by atoms with Crippen molar-refractivity contribution in [2.24, 2.45) is 0 Å². The highest BCUT2D eigenvalue weighted by atomic mass is 35.5. The minimum Gasteiger partial charge on any atom is -0.104 e. The number of alkyl halides is 1. The maximum Gasteiger partial charge on any atom is 0.112 e. The van der Waals surface area contributed by atoms with Gasteiger partial charge in [0.25, 0.3) is 0 Å². The highest BCUT2D eigenvalue weighted by molar-refractivity contribution is 6.84. The molecular weight excluding hydrogens is 280 g/mol. The molecule has 0 amide bonds. The van der Waals surface area contributed by atoms with Gasteiger partial charge in [0.05, 0.1) is 8.07 Å². The third-order valence-corrected chi connectivity index (χ3v) is 6.67. The SMILES string of the molecule is C=C(C(Cl)(c1ccccc1)c1ccccc1)[Si](C)(C)C. The predicted octanol–water partition coefficient (Wildman–Crippen LogP) is 5.60. The molecule has 0 saturated carbocycles. The zero-order chi connectivity index (χ0) is 14.8. The lowest BCUT2D eigenvalue weighted by Gasteiger charge is -2.37. The van der Waals surface area contributed by atoms with Crippen LogP contribution in [0.2, 0.25) is 19.6 Å². The van der Waals surface area contributed by atoms with Gasteiger partial charge < -0.3 is 0 Å². The Kier molecular flexibility index (Phi) is 4.21. The minimum atomic E-state index is -1.59. The first kappa shape index (κ1) is 15.1. The van der Waals surface area contributed by atoms with Crippen LogP contribution in [0.1, 0.15) is 11.1 Å². The van der Waals surface area contributed by atoms with Gasteiger partial charge in [-0.15, -0.1) is 18.2 Å². The molecule has 0 bridgehead atoms. The van der Waals surface area contributed by atoms with Gasteiger partial charge in [-0.3, -0.25) is 0 Å². The van der Waals surface area contributed by atoms with Crippen molar-refractivity contribution in [3.63, 3.8) is 0 Å². The minimum absolute atomic E-state index is 0.632. The number of rotatable bonds is 4. The second kappa shape index (κ2) is 5.59. The van der Waals surface area contributed by atoms with Crippen molar-refractivity contribution >= 4 is 19.7 Å². The molecule has 20 heavy (non-hydrogen) atoms. The first-order chi connectivity index (χ1) is 9.37. The van der Waals surface area contributed by atoms with Gasteiger partial charge >= 0.3 is 0 Å². The maximum atomic E-state index is 7.16. The van der Waals surface area contributed by atoms with Crippen molar-refractivity contribution in [3.05, 3.63) is 83.6 Å². The molecule has 0 fully saturated rings. The summed E-state index contributed by atoms with van der Waals surface area (Å²) in [6.07, 6.45) is 0. The third kappa shape index (κ3) is 2.74. The highest BCUT2D eigenvalue weighted by Gasteiger charge is 2.40. The molecule has 2 rings (SSSR count). The molecular formula is C18H21ClSi. The molecule has 0 aromatic heterocycles. The first-order valence-electron chi connectivity index (χ1n) is 6.86. The Labute approximate surface area is 128 Å². The van der Waals surface area contributed by atoms with Crippen LogP contribution >= 0.6 is 11.6 Å². The Bertz CT molecular complexity index is 542. The molecule has 104 valence electrons. The summed E-state index contributed by atoms with van der Waals surface area (Å²) < 4.78 is 0. The lowest BCUT2D eigenvalue weighted by atomic mass is 9.90. The van der Waals surface area contributed by atoms with E-state index in [1.54, 1.807) is 0 Å². The van der Waals surface area contributed by atoms with Crippen molar-refractivity contribution in [1.29, 1.82) is 0 Å². The Balaban J connectivity index is 2.65. The topological polar surface area (TPSA) is 0 Å².